The molecule has 1 aromatic heterocycles. The van der Waals surface area contributed by atoms with Crippen molar-refractivity contribution in [3.8, 4) is 17.6 Å². The minimum atomic E-state index is -3.62. The van der Waals surface area contributed by atoms with Crippen molar-refractivity contribution in [2.75, 3.05) is 18.7 Å². The van der Waals surface area contributed by atoms with Gasteiger partial charge < -0.3 is 9.47 Å². The highest BCUT2D eigenvalue weighted by Gasteiger charge is 2.18. The quantitative estimate of drug-likeness (QED) is 0.349. The Labute approximate surface area is 205 Å². The molecule has 0 saturated carbocycles. The van der Waals surface area contributed by atoms with Crippen molar-refractivity contribution in [3.63, 3.8) is 0 Å². The van der Waals surface area contributed by atoms with Gasteiger partial charge in [-0.15, -0.1) is 0 Å². The van der Waals surface area contributed by atoms with Crippen LogP contribution in [-0.2, 0) is 21.2 Å². The first-order valence-electron chi connectivity index (χ1n) is 9.63. The molecule has 0 spiro atoms. The van der Waals surface area contributed by atoms with Crippen LogP contribution >= 0.6 is 23.1 Å². The molecule has 0 radical (unpaired) electrons. The summed E-state index contributed by atoms with van der Waals surface area (Å²) in [6, 6.07) is 12.8. The van der Waals surface area contributed by atoms with Gasteiger partial charge in [-0.2, -0.15) is 14.6 Å². The van der Waals surface area contributed by atoms with E-state index in [2.05, 4.69) is 14.7 Å². The monoisotopic (exact) mass is 518 g/mol. The van der Waals surface area contributed by atoms with Crippen LogP contribution in [0.2, 0.25) is 5.02 Å². The highest BCUT2D eigenvalue weighted by Crippen LogP contribution is 2.37. The average molecular weight is 519 g/mol. The highest BCUT2D eigenvalue weighted by atomic mass is 35.5. The Morgan fingerprint density at radius 2 is 2.09 bits per heavy atom. The summed E-state index contributed by atoms with van der Waals surface area (Å²) >= 11 is 7.09. The number of nitrogens with one attached hydrogen (secondary N) is 1. The van der Waals surface area contributed by atoms with Gasteiger partial charge in [0.1, 0.15) is 18.2 Å². The lowest BCUT2D eigenvalue weighted by molar-refractivity contribution is -0.112. The van der Waals surface area contributed by atoms with Gasteiger partial charge in [0.15, 0.2) is 11.5 Å². The molecule has 3 rings (SSSR count). The first kappa shape index (κ1) is 25.2. The number of ether oxygens (including phenoxy) is 2. The fraction of sp³-hybridized carbons (Fsp3) is 0.182. The smallest absolute Gasteiger partial charge is 0.268 e. The number of amides is 1. The minimum absolute atomic E-state index is 0.0536. The molecule has 0 aliphatic heterocycles. The summed E-state index contributed by atoms with van der Waals surface area (Å²) < 4.78 is 37.9. The summed E-state index contributed by atoms with van der Waals surface area (Å²) in [6.07, 6.45) is 2.26. The number of carbonyl (C=O) groups excluding carboxylic acids is 1. The van der Waals surface area contributed by atoms with Gasteiger partial charge in [0.2, 0.25) is 15.0 Å². The Balaban J connectivity index is 1.81. The van der Waals surface area contributed by atoms with Gasteiger partial charge in [0.05, 0.1) is 12.1 Å². The van der Waals surface area contributed by atoms with E-state index in [1.165, 1.54) is 19.3 Å². The van der Waals surface area contributed by atoms with Crippen LogP contribution in [0.5, 0.6) is 11.5 Å². The van der Waals surface area contributed by atoms with Gasteiger partial charge in [-0.25, -0.2) is 8.42 Å². The third-order valence-electron chi connectivity index (χ3n) is 4.35. The van der Waals surface area contributed by atoms with E-state index < -0.39 is 20.9 Å². The maximum atomic E-state index is 12.5. The molecule has 2 aromatic carbocycles. The lowest BCUT2D eigenvalue weighted by Crippen LogP contribution is -2.13. The zero-order valence-corrected chi connectivity index (χ0v) is 20.7. The van der Waals surface area contributed by atoms with Crippen molar-refractivity contribution in [2.24, 2.45) is 0 Å². The van der Waals surface area contributed by atoms with Crippen LogP contribution in [-0.4, -0.2) is 37.0 Å². The van der Waals surface area contributed by atoms with E-state index in [9.17, 15) is 18.5 Å². The van der Waals surface area contributed by atoms with Crippen LogP contribution in [0.1, 0.15) is 16.7 Å². The van der Waals surface area contributed by atoms with E-state index in [4.69, 9.17) is 21.1 Å². The molecule has 0 bridgehead atoms. The van der Waals surface area contributed by atoms with Crippen LogP contribution in [0, 0.1) is 18.3 Å². The van der Waals surface area contributed by atoms with Crippen LogP contribution in [0.4, 0.5) is 5.13 Å². The largest absolute Gasteiger partial charge is 0.493 e. The molecule has 12 heteroatoms. The zero-order chi connectivity index (χ0) is 24.9. The van der Waals surface area contributed by atoms with Gasteiger partial charge in [-0.05, 0) is 36.3 Å². The first-order valence-corrected chi connectivity index (χ1v) is 12.7. The first-order chi connectivity index (χ1) is 16.1. The molecular weight excluding hydrogens is 500 g/mol. The van der Waals surface area contributed by atoms with Crippen LogP contribution in [0.3, 0.4) is 0 Å². The van der Waals surface area contributed by atoms with Gasteiger partial charge >= 0.3 is 0 Å². The lowest BCUT2D eigenvalue weighted by Gasteiger charge is -2.14. The average Bonchev–Trinajstić information content (AvgIpc) is 3.25. The maximum absolute atomic E-state index is 12.5. The molecule has 0 fully saturated rings. The minimum Gasteiger partial charge on any atom is -0.493 e. The predicted molar refractivity (Wildman–Crippen MR) is 129 cm³/mol. The fourth-order valence-corrected chi connectivity index (χ4v) is 4.52. The third-order valence-corrected chi connectivity index (χ3v) is 6.23. The third kappa shape index (κ3) is 6.32. The Bertz CT molecular complexity index is 1410. The molecule has 3 aromatic rings. The molecule has 0 aliphatic carbocycles. The summed E-state index contributed by atoms with van der Waals surface area (Å²) in [4.78, 5) is 16.2. The fourth-order valence-electron chi connectivity index (χ4n) is 2.81. The molecule has 0 aliphatic rings. The molecular formula is C22H19ClN4O5S2. The Morgan fingerprint density at radius 3 is 2.71 bits per heavy atom. The predicted octanol–water partition coefficient (Wildman–Crippen LogP) is 4.04. The lowest BCUT2D eigenvalue weighted by atomic mass is 10.1. The summed E-state index contributed by atoms with van der Waals surface area (Å²) in [5, 5.41) is 11.6. The summed E-state index contributed by atoms with van der Waals surface area (Å²) in [6.45, 7) is 2.26. The van der Waals surface area contributed by atoms with Crippen molar-refractivity contribution in [1.82, 2.24) is 9.36 Å². The number of aryl methyl sites for hydroxylation is 1. The van der Waals surface area contributed by atoms with Crippen molar-refractivity contribution >= 4 is 50.1 Å². The number of halogens is 1. The maximum Gasteiger partial charge on any atom is 0.268 e. The molecule has 1 amide bonds. The molecule has 34 heavy (non-hydrogen) atoms. The standard InChI is InChI=1S/C22H19ClN4O5S2/c1-13-5-4-6-14(7-13)12-32-19-17(23)9-15(10-18(19)31-2)8-16(11-24)20(28)25-21-26-22(27-33-21)34(3,29)30/h4-10H,12H2,1-3H3,(H,25,26,27,28)/b16-8-. The zero-order valence-electron chi connectivity index (χ0n) is 18.3. The number of hydrogen-bond acceptors (Lipinski definition) is 9. The van der Waals surface area contributed by atoms with E-state index in [1.807, 2.05) is 31.2 Å². The number of methoxy groups -OCH3 is 1. The van der Waals surface area contributed by atoms with E-state index in [0.29, 0.717) is 28.6 Å². The Kier molecular flexibility index (Phi) is 7.88. The Morgan fingerprint density at radius 1 is 1.32 bits per heavy atom. The Hall–Kier alpha value is -3.46. The highest BCUT2D eigenvalue weighted by molar-refractivity contribution is 7.90. The number of rotatable bonds is 8. The van der Waals surface area contributed by atoms with E-state index in [-0.39, 0.29) is 22.3 Å². The van der Waals surface area contributed by atoms with Crippen molar-refractivity contribution in [3.05, 3.63) is 63.7 Å². The van der Waals surface area contributed by atoms with Gasteiger partial charge in [-0.3, -0.25) is 10.1 Å². The molecule has 9 nitrogen and oxygen atoms in total. The molecule has 1 N–H and O–H groups in total. The topological polar surface area (TPSA) is 131 Å². The van der Waals surface area contributed by atoms with Crippen molar-refractivity contribution in [1.29, 1.82) is 5.26 Å². The van der Waals surface area contributed by atoms with Crippen LogP contribution < -0.4 is 14.8 Å². The van der Waals surface area contributed by atoms with Crippen LogP contribution in [0.25, 0.3) is 6.08 Å². The number of nitriles is 1. The second-order valence-corrected chi connectivity index (χ2v) is 10.2. The molecule has 0 unspecified atom stereocenters. The normalized spacial score (nSPS) is 11.6. The van der Waals surface area contributed by atoms with Gasteiger partial charge in [-0.1, -0.05) is 41.4 Å². The van der Waals surface area contributed by atoms with Crippen molar-refractivity contribution < 1.29 is 22.7 Å². The van der Waals surface area contributed by atoms with Gasteiger partial charge in [0, 0.05) is 17.8 Å². The summed E-state index contributed by atoms with van der Waals surface area (Å²) in [5.41, 5.74) is 2.22. The number of benzene rings is 2. The van der Waals surface area contributed by atoms with E-state index in [0.717, 1.165) is 17.4 Å². The number of anilines is 1. The SMILES string of the molecule is COc1cc(/C=C(/C#N)C(=O)Nc2nc(S(C)(=O)=O)ns2)cc(Cl)c1OCc1cccc(C)c1. The summed E-state index contributed by atoms with van der Waals surface area (Å²) in [7, 11) is -2.17. The molecule has 0 saturated heterocycles. The second kappa shape index (κ2) is 10.6. The molecule has 176 valence electrons. The molecule has 1 heterocycles. The van der Waals surface area contributed by atoms with Gasteiger partial charge in [0.25, 0.3) is 11.1 Å². The number of nitrogens with zero attached hydrogens (tertiary/aromatic N) is 3. The molecule has 0 atom stereocenters. The number of carbonyl (C=O) groups is 1. The van der Waals surface area contributed by atoms with Crippen LogP contribution in [0.15, 0.2) is 47.1 Å². The summed E-state index contributed by atoms with van der Waals surface area (Å²) in [5.74, 6) is -0.132. The van der Waals surface area contributed by atoms with E-state index in [1.54, 1.807) is 12.1 Å². The van der Waals surface area contributed by atoms with E-state index >= 15 is 0 Å². The second-order valence-electron chi connectivity index (χ2n) is 7.09. The number of aromatic nitrogens is 2. The number of sulfone groups is 1. The number of hydrogen-bond donors (Lipinski definition) is 1. The van der Waals surface area contributed by atoms with Crippen molar-refractivity contribution in [2.45, 2.75) is 18.7 Å².